The minimum absolute atomic E-state index is 0.0257. The van der Waals surface area contributed by atoms with Crippen LogP contribution >= 0.6 is 0 Å². The molecule has 0 radical (unpaired) electrons. The minimum atomic E-state index is -1.02. The average Bonchev–Trinajstić information content (AvgIpc) is 2.38. The van der Waals surface area contributed by atoms with Crippen LogP contribution in [0.5, 0.6) is 0 Å². The fourth-order valence-corrected chi connectivity index (χ4v) is 2.00. The molecule has 0 saturated carbocycles. The Bertz CT molecular complexity index is 532. The maximum absolute atomic E-state index is 13.7. The highest BCUT2D eigenvalue weighted by molar-refractivity contribution is 6.23. The maximum Gasteiger partial charge on any atom is 0.240 e. The third-order valence-electron chi connectivity index (χ3n) is 2.91. The number of anilines is 2. The van der Waals surface area contributed by atoms with Crippen LogP contribution in [-0.2, 0) is 9.59 Å². The number of nitrogens with two attached hydrogens (primary N) is 1. The van der Waals surface area contributed by atoms with Crippen LogP contribution in [-0.4, -0.2) is 11.8 Å². The van der Waals surface area contributed by atoms with Crippen molar-refractivity contribution in [3.63, 3.8) is 0 Å². The third-order valence-corrected chi connectivity index (χ3v) is 2.91. The van der Waals surface area contributed by atoms with Crippen molar-refractivity contribution in [2.75, 3.05) is 10.6 Å². The zero-order valence-corrected chi connectivity index (χ0v) is 9.96. The van der Waals surface area contributed by atoms with Gasteiger partial charge in [0.15, 0.2) is 5.82 Å². The van der Waals surface area contributed by atoms with Gasteiger partial charge in [0.2, 0.25) is 11.8 Å². The molecule has 0 atom stereocenters. The van der Waals surface area contributed by atoms with Gasteiger partial charge in [-0.05, 0) is 6.07 Å². The van der Waals surface area contributed by atoms with Gasteiger partial charge in [-0.1, -0.05) is 13.8 Å². The van der Waals surface area contributed by atoms with E-state index in [1.807, 2.05) is 0 Å². The standard InChI is InChI=1S/C12H12F2N2O2/c1-12(2)5-9(17)16(11(12)18)10-7(14)3-6(13)4-8(10)15/h3-4H,5,15H2,1-2H3. The molecule has 1 aromatic carbocycles. The normalized spacial score (nSPS) is 18.6. The van der Waals surface area contributed by atoms with Crippen LogP contribution in [0.2, 0.25) is 0 Å². The first-order valence-corrected chi connectivity index (χ1v) is 5.36. The number of amides is 2. The summed E-state index contributed by atoms with van der Waals surface area (Å²) in [6.07, 6.45) is -0.0257. The number of hydrogen-bond donors (Lipinski definition) is 1. The number of nitrogen functional groups attached to an aromatic ring is 1. The highest BCUT2D eigenvalue weighted by Gasteiger charge is 2.46. The van der Waals surface area contributed by atoms with Crippen molar-refractivity contribution in [3.05, 3.63) is 23.8 Å². The topological polar surface area (TPSA) is 63.4 Å². The fourth-order valence-electron chi connectivity index (χ4n) is 2.00. The zero-order valence-electron chi connectivity index (χ0n) is 9.96. The van der Waals surface area contributed by atoms with E-state index in [0.29, 0.717) is 11.0 Å². The summed E-state index contributed by atoms with van der Waals surface area (Å²) in [6.45, 7) is 3.18. The van der Waals surface area contributed by atoms with E-state index in [9.17, 15) is 18.4 Å². The molecular weight excluding hydrogens is 242 g/mol. The summed E-state index contributed by atoms with van der Waals surface area (Å²) in [4.78, 5) is 24.5. The molecule has 1 aliphatic rings. The summed E-state index contributed by atoms with van der Waals surface area (Å²) in [5, 5.41) is 0. The number of nitrogens with zero attached hydrogens (tertiary/aromatic N) is 1. The van der Waals surface area contributed by atoms with Gasteiger partial charge in [-0.3, -0.25) is 9.59 Å². The van der Waals surface area contributed by atoms with Crippen molar-refractivity contribution in [3.8, 4) is 0 Å². The Balaban J connectivity index is 2.57. The zero-order chi connectivity index (χ0) is 13.7. The van der Waals surface area contributed by atoms with Crippen molar-refractivity contribution in [1.29, 1.82) is 0 Å². The van der Waals surface area contributed by atoms with Gasteiger partial charge in [0.1, 0.15) is 11.5 Å². The second-order valence-electron chi connectivity index (χ2n) is 4.92. The molecule has 2 N–H and O–H groups in total. The Morgan fingerprint density at radius 3 is 2.33 bits per heavy atom. The van der Waals surface area contributed by atoms with Gasteiger partial charge in [0.25, 0.3) is 0 Å². The van der Waals surface area contributed by atoms with Crippen LogP contribution in [0.15, 0.2) is 12.1 Å². The molecule has 1 fully saturated rings. The molecule has 0 aromatic heterocycles. The number of carbonyl (C=O) groups is 2. The SMILES string of the molecule is CC1(C)CC(=O)N(c2c(N)cc(F)cc2F)C1=O. The monoisotopic (exact) mass is 254 g/mol. The van der Waals surface area contributed by atoms with Crippen molar-refractivity contribution in [2.24, 2.45) is 5.41 Å². The van der Waals surface area contributed by atoms with Crippen molar-refractivity contribution >= 4 is 23.2 Å². The molecular formula is C12H12F2N2O2. The number of hydrogen-bond acceptors (Lipinski definition) is 3. The van der Waals surface area contributed by atoms with E-state index in [1.54, 1.807) is 13.8 Å². The predicted molar refractivity (Wildman–Crippen MR) is 61.7 cm³/mol. The van der Waals surface area contributed by atoms with Crippen LogP contribution in [0, 0.1) is 17.0 Å². The van der Waals surface area contributed by atoms with E-state index in [1.165, 1.54) is 0 Å². The largest absolute Gasteiger partial charge is 0.397 e. The van der Waals surface area contributed by atoms with Gasteiger partial charge in [-0.2, -0.15) is 0 Å². The fraction of sp³-hybridized carbons (Fsp3) is 0.333. The first-order chi connectivity index (χ1) is 8.24. The average molecular weight is 254 g/mol. The lowest BCUT2D eigenvalue weighted by molar-refractivity contribution is -0.124. The van der Waals surface area contributed by atoms with E-state index in [0.717, 1.165) is 6.07 Å². The molecule has 18 heavy (non-hydrogen) atoms. The molecule has 0 unspecified atom stereocenters. The summed E-state index contributed by atoms with van der Waals surface area (Å²) in [5.41, 5.74) is 3.96. The van der Waals surface area contributed by atoms with Crippen LogP contribution in [0.4, 0.5) is 20.2 Å². The van der Waals surface area contributed by atoms with Gasteiger partial charge in [0, 0.05) is 12.5 Å². The van der Waals surface area contributed by atoms with Gasteiger partial charge < -0.3 is 5.73 Å². The number of rotatable bonds is 1. The Morgan fingerprint density at radius 1 is 1.28 bits per heavy atom. The molecule has 6 heteroatoms. The van der Waals surface area contributed by atoms with E-state index >= 15 is 0 Å². The summed E-state index contributed by atoms with van der Waals surface area (Å²) < 4.78 is 26.6. The molecule has 2 rings (SSSR count). The molecule has 1 aliphatic heterocycles. The third kappa shape index (κ3) is 1.73. The summed E-state index contributed by atoms with van der Waals surface area (Å²) in [5.74, 6) is -2.95. The number of benzene rings is 1. The maximum atomic E-state index is 13.7. The lowest BCUT2D eigenvalue weighted by Gasteiger charge is -2.19. The Kier molecular flexibility index (Phi) is 2.61. The Hall–Kier alpha value is -1.98. The van der Waals surface area contributed by atoms with Crippen molar-refractivity contribution in [1.82, 2.24) is 0 Å². The molecule has 0 aliphatic carbocycles. The van der Waals surface area contributed by atoms with E-state index < -0.39 is 28.9 Å². The van der Waals surface area contributed by atoms with Gasteiger partial charge in [0.05, 0.1) is 11.1 Å². The molecule has 1 aromatic rings. The van der Waals surface area contributed by atoms with Crippen LogP contribution < -0.4 is 10.6 Å². The summed E-state index contributed by atoms with van der Waals surface area (Å²) in [6, 6.07) is 1.47. The first-order valence-electron chi connectivity index (χ1n) is 5.36. The smallest absolute Gasteiger partial charge is 0.240 e. The number of halogens is 2. The predicted octanol–water partition coefficient (Wildman–Crippen LogP) is 1.84. The van der Waals surface area contributed by atoms with Crippen molar-refractivity contribution < 1.29 is 18.4 Å². The van der Waals surface area contributed by atoms with Gasteiger partial charge >= 0.3 is 0 Å². The Labute approximate surface area is 102 Å². The van der Waals surface area contributed by atoms with E-state index in [-0.39, 0.29) is 17.8 Å². The van der Waals surface area contributed by atoms with Crippen molar-refractivity contribution in [2.45, 2.75) is 20.3 Å². The second kappa shape index (κ2) is 3.76. The molecule has 4 nitrogen and oxygen atoms in total. The second-order valence-corrected chi connectivity index (χ2v) is 4.92. The molecule has 96 valence electrons. The quantitative estimate of drug-likeness (QED) is 0.614. The molecule has 0 bridgehead atoms. The van der Waals surface area contributed by atoms with E-state index in [4.69, 9.17) is 5.73 Å². The van der Waals surface area contributed by atoms with E-state index in [2.05, 4.69) is 0 Å². The lowest BCUT2D eigenvalue weighted by atomic mass is 9.92. The molecule has 1 saturated heterocycles. The molecule has 0 spiro atoms. The number of carbonyl (C=O) groups excluding carboxylic acids is 2. The molecule has 2 amide bonds. The highest BCUT2D eigenvalue weighted by Crippen LogP contribution is 2.38. The van der Waals surface area contributed by atoms with Crippen LogP contribution in [0.25, 0.3) is 0 Å². The van der Waals surface area contributed by atoms with Crippen LogP contribution in [0.3, 0.4) is 0 Å². The highest BCUT2D eigenvalue weighted by atomic mass is 19.1. The lowest BCUT2D eigenvalue weighted by Crippen LogP contribution is -2.34. The summed E-state index contributed by atoms with van der Waals surface area (Å²) in [7, 11) is 0. The van der Waals surface area contributed by atoms with Crippen LogP contribution in [0.1, 0.15) is 20.3 Å². The minimum Gasteiger partial charge on any atom is -0.397 e. The van der Waals surface area contributed by atoms with Gasteiger partial charge in [-0.25, -0.2) is 13.7 Å². The Morgan fingerprint density at radius 2 is 1.89 bits per heavy atom. The summed E-state index contributed by atoms with van der Waals surface area (Å²) >= 11 is 0. The van der Waals surface area contributed by atoms with Gasteiger partial charge in [-0.15, -0.1) is 0 Å². The molecule has 1 heterocycles. The first kappa shape index (κ1) is 12.5. The number of imide groups is 1.